The van der Waals surface area contributed by atoms with E-state index in [1.807, 2.05) is 0 Å². The molecule has 2 heterocycles. The molecule has 1 aromatic carbocycles. The number of fused-ring (bicyclic) bond motifs is 1. The van der Waals surface area contributed by atoms with Gasteiger partial charge in [0.1, 0.15) is 5.82 Å². The Kier molecular flexibility index (Phi) is 5.34. The summed E-state index contributed by atoms with van der Waals surface area (Å²) in [6, 6.07) is 1.34. The van der Waals surface area contributed by atoms with E-state index < -0.39 is 66.7 Å². The van der Waals surface area contributed by atoms with E-state index in [0.717, 1.165) is 12.1 Å². The largest absolute Gasteiger partial charge is 0.481 e. The Labute approximate surface area is 162 Å². The highest BCUT2D eigenvalue weighted by molar-refractivity contribution is 5.97. The zero-order valence-electron chi connectivity index (χ0n) is 14.5. The van der Waals surface area contributed by atoms with Crippen LogP contribution in [0, 0.1) is 5.82 Å². The highest BCUT2D eigenvalue weighted by Gasteiger charge is 2.32. The fraction of sp³-hybridized carbons (Fsp3) is 0.312. The second kappa shape index (κ2) is 7.50. The van der Waals surface area contributed by atoms with Crippen LogP contribution in [-0.4, -0.2) is 41.0 Å². The molecule has 0 atom stereocenters. The topological polar surface area (TPSA) is 82.4 Å². The highest BCUT2D eigenvalue weighted by Crippen LogP contribution is 2.27. The molecule has 7 nitrogen and oxygen atoms in total. The number of nitrogens with zero attached hydrogens (tertiary/aromatic N) is 2. The fourth-order valence-corrected chi connectivity index (χ4v) is 2.51. The molecule has 0 radical (unpaired) electrons. The van der Waals surface area contributed by atoms with Crippen LogP contribution in [0.1, 0.15) is 5.56 Å². The van der Waals surface area contributed by atoms with Crippen molar-refractivity contribution >= 4 is 11.7 Å². The van der Waals surface area contributed by atoms with Crippen LogP contribution in [0.2, 0.25) is 0 Å². The lowest BCUT2D eigenvalue weighted by Gasteiger charge is -2.16. The minimum absolute atomic E-state index is 0.197. The van der Waals surface area contributed by atoms with Gasteiger partial charge in [0.2, 0.25) is 5.91 Å². The summed E-state index contributed by atoms with van der Waals surface area (Å²) in [6.07, 6.45) is -9.95. The van der Waals surface area contributed by atoms with Gasteiger partial charge in [-0.2, -0.15) is 31.3 Å². The molecule has 0 aliphatic carbocycles. The van der Waals surface area contributed by atoms with Gasteiger partial charge in [0.25, 0.3) is 5.56 Å². The molecule has 3 rings (SSSR count). The highest BCUT2D eigenvalue weighted by atomic mass is 19.4. The lowest BCUT2D eigenvalue weighted by Crippen LogP contribution is -2.28. The second-order valence-electron chi connectivity index (χ2n) is 6.01. The summed E-state index contributed by atoms with van der Waals surface area (Å²) in [7, 11) is 0. The number of ether oxygens (including phenoxy) is 2. The molecule has 0 bridgehead atoms. The number of benzene rings is 1. The first-order valence-corrected chi connectivity index (χ1v) is 7.99. The van der Waals surface area contributed by atoms with E-state index in [4.69, 9.17) is 0 Å². The summed E-state index contributed by atoms with van der Waals surface area (Å²) >= 11 is 0. The van der Waals surface area contributed by atoms with Gasteiger partial charge in [-0.05, 0) is 12.1 Å². The monoisotopic (exact) mass is 441 g/mol. The SMILES string of the molecule is O=C1Cc2c(nc(OCC(F)(F)F)n(-c3ccc(OCC(F)(F)F)c(F)c3)c2=O)N1. The van der Waals surface area contributed by atoms with Crippen LogP contribution in [0.3, 0.4) is 0 Å². The number of carbonyl (C=O) groups is 1. The van der Waals surface area contributed by atoms with Gasteiger partial charge in [-0.3, -0.25) is 9.59 Å². The zero-order chi connectivity index (χ0) is 22.3. The maximum atomic E-state index is 14.2. The predicted molar refractivity (Wildman–Crippen MR) is 85.2 cm³/mol. The van der Waals surface area contributed by atoms with Gasteiger partial charge in [-0.15, -0.1) is 0 Å². The van der Waals surface area contributed by atoms with Crippen molar-refractivity contribution in [2.24, 2.45) is 0 Å². The molecule has 162 valence electrons. The normalized spacial score (nSPS) is 13.8. The van der Waals surface area contributed by atoms with Gasteiger partial charge in [-0.25, -0.2) is 8.96 Å². The molecule has 1 amide bonds. The van der Waals surface area contributed by atoms with E-state index in [1.165, 1.54) is 0 Å². The van der Waals surface area contributed by atoms with E-state index in [0.29, 0.717) is 10.6 Å². The van der Waals surface area contributed by atoms with E-state index in [1.54, 1.807) is 0 Å². The lowest BCUT2D eigenvalue weighted by molar-refractivity contribution is -0.155. The number of nitrogens with one attached hydrogen (secondary N) is 1. The Bertz CT molecular complexity index is 1050. The third-order valence-electron chi connectivity index (χ3n) is 3.67. The van der Waals surface area contributed by atoms with Crippen molar-refractivity contribution in [3.05, 3.63) is 39.9 Å². The minimum atomic E-state index is -4.80. The quantitative estimate of drug-likeness (QED) is 0.722. The molecule has 1 aromatic heterocycles. The van der Waals surface area contributed by atoms with Gasteiger partial charge < -0.3 is 14.8 Å². The molecule has 14 heteroatoms. The van der Waals surface area contributed by atoms with Crippen LogP contribution < -0.4 is 20.3 Å². The van der Waals surface area contributed by atoms with Crippen LogP contribution in [0.5, 0.6) is 11.8 Å². The number of anilines is 1. The van der Waals surface area contributed by atoms with Gasteiger partial charge in [0.15, 0.2) is 24.8 Å². The first-order chi connectivity index (χ1) is 13.8. The summed E-state index contributed by atoms with van der Waals surface area (Å²) in [5, 5.41) is 2.18. The summed E-state index contributed by atoms with van der Waals surface area (Å²) < 4.78 is 97.7. The number of carbonyl (C=O) groups excluding carboxylic acids is 1. The first kappa shape index (κ1) is 21.4. The third-order valence-corrected chi connectivity index (χ3v) is 3.67. The Balaban J connectivity index is 2.04. The third kappa shape index (κ3) is 4.80. The van der Waals surface area contributed by atoms with Gasteiger partial charge in [0.05, 0.1) is 17.7 Å². The van der Waals surface area contributed by atoms with Crippen LogP contribution >= 0.6 is 0 Å². The van der Waals surface area contributed by atoms with Crippen LogP contribution in [0.4, 0.5) is 36.6 Å². The molecule has 1 N–H and O–H groups in total. The van der Waals surface area contributed by atoms with Crippen molar-refractivity contribution in [1.82, 2.24) is 9.55 Å². The number of halogens is 7. The second-order valence-corrected chi connectivity index (χ2v) is 6.01. The first-order valence-electron chi connectivity index (χ1n) is 7.99. The smallest absolute Gasteiger partial charge is 0.422 e. The van der Waals surface area contributed by atoms with Gasteiger partial charge in [-0.1, -0.05) is 0 Å². The summed E-state index contributed by atoms with van der Waals surface area (Å²) in [4.78, 5) is 27.8. The Morgan fingerprint density at radius 1 is 1.03 bits per heavy atom. The average Bonchev–Trinajstić information content (AvgIpc) is 2.98. The molecule has 0 saturated heterocycles. The Morgan fingerprint density at radius 2 is 1.67 bits per heavy atom. The molecule has 0 fully saturated rings. The number of aromatic nitrogens is 2. The fourth-order valence-electron chi connectivity index (χ4n) is 2.51. The van der Waals surface area contributed by atoms with Crippen molar-refractivity contribution in [3.8, 4) is 17.4 Å². The molecular formula is C16H10F7N3O4. The molecule has 30 heavy (non-hydrogen) atoms. The molecule has 0 saturated carbocycles. The van der Waals surface area contributed by atoms with Crippen molar-refractivity contribution < 1.29 is 45.0 Å². The minimum Gasteiger partial charge on any atom is -0.481 e. The van der Waals surface area contributed by atoms with Crippen LogP contribution in [0.15, 0.2) is 23.0 Å². The lowest BCUT2D eigenvalue weighted by atomic mass is 10.2. The van der Waals surface area contributed by atoms with Crippen molar-refractivity contribution in [2.45, 2.75) is 18.8 Å². The molecule has 1 aliphatic rings. The van der Waals surface area contributed by atoms with Gasteiger partial charge >= 0.3 is 18.4 Å². The molecule has 0 spiro atoms. The van der Waals surface area contributed by atoms with E-state index in [2.05, 4.69) is 19.8 Å². The molecular weight excluding hydrogens is 431 g/mol. The summed E-state index contributed by atoms with van der Waals surface area (Å²) in [5.74, 6) is -3.06. The number of hydrogen-bond donors (Lipinski definition) is 1. The maximum Gasteiger partial charge on any atom is 0.422 e. The zero-order valence-corrected chi connectivity index (χ0v) is 14.5. The Hall–Kier alpha value is -3.32. The van der Waals surface area contributed by atoms with Crippen LogP contribution in [0.25, 0.3) is 5.69 Å². The van der Waals surface area contributed by atoms with E-state index in [-0.39, 0.29) is 11.4 Å². The van der Waals surface area contributed by atoms with Gasteiger partial charge in [0, 0.05) is 6.07 Å². The number of alkyl halides is 6. The van der Waals surface area contributed by atoms with E-state index in [9.17, 15) is 40.3 Å². The average molecular weight is 441 g/mol. The molecule has 1 aliphatic heterocycles. The maximum absolute atomic E-state index is 14.2. The van der Waals surface area contributed by atoms with E-state index >= 15 is 0 Å². The summed E-state index contributed by atoms with van der Waals surface area (Å²) in [6.45, 7) is -3.63. The Morgan fingerprint density at radius 3 is 2.27 bits per heavy atom. The van der Waals surface area contributed by atoms with Crippen molar-refractivity contribution in [1.29, 1.82) is 0 Å². The van der Waals surface area contributed by atoms with Crippen molar-refractivity contribution in [3.63, 3.8) is 0 Å². The number of hydrogen-bond acceptors (Lipinski definition) is 5. The van der Waals surface area contributed by atoms with Crippen LogP contribution in [-0.2, 0) is 11.2 Å². The number of amides is 1. The molecule has 0 unspecified atom stereocenters. The molecule has 2 aromatic rings. The predicted octanol–water partition coefficient (Wildman–Crippen LogP) is 2.75. The standard InChI is InChI=1S/C16H10F7N3O4/c17-9-3-7(1-2-10(9)29-5-15(18,19)20)26-13(28)8-4-11(27)24-12(8)25-14(26)30-6-16(21,22)23/h1-3H,4-6H2,(H,24,27). The van der Waals surface area contributed by atoms with Crippen molar-refractivity contribution in [2.75, 3.05) is 18.5 Å². The summed E-state index contributed by atoms with van der Waals surface area (Å²) in [5.41, 5.74) is -1.61. The number of rotatable bonds is 5.